The Bertz CT molecular complexity index is 638. The van der Waals surface area contributed by atoms with E-state index >= 15 is 0 Å². The Balaban J connectivity index is 1.87. The summed E-state index contributed by atoms with van der Waals surface area (Å²) in [6.07, 6.45) is 1.86. The number of fused-ring (bicyclic) bond motifs is 1. The fourth-order valence-corrected chi connectivity index (χ4v) is 2.53. The highest BCUT2D eigenvalue weighted by atomic mass is 16.5. The van der Waals surface area contributed by atoms with Gasteiger partial charge < -0.3 is 19.3 Å². The number of aromatic nitrogens is 2. The van der Waals surface area contributed by atoms with Crippen LogP contribution in [0.25, 0.3) is 11.0 Å². The smallest absolute Gasteiger partial charge is 0.335 e. The van der Waals surface area contributed by atoms with Gasteiger partial charge in [0.05, 0.1) is 42.2 Å². The molecule has 0 aliphatic carbocycles. The zero-order valence-corrected chi connectivity index (χ0v) is 11.3. The maximum absolute atomic E-state index is 11.0. The lowest BCUT2D eigenvalue weighted by molar-refractivity contribution is -0.0269. The molecule has 2 heterocycles. The molecule has 0 bridgehead atoms. The van der Waals surface area contributed by atoms with E-state index in [0.29, 0.717) is 6.54 Å². The molecule has 0 radical (unpaired) electrons. The summed E-state index contributed by atoms with van der Waals surface area (Å²) < 4.78 is 7.71. The van der Waals surface area contributed by atoms with Gasteiger partial charge in [-0.2, -0.15) is 0 Å². The number of aromatic carboxylic acids is 1. The van der Waals surface area contributed by atoms with Crippen LogP contribution in [0.4, 0.5) is 0 Å². The van der Waals surface area contributed by atoms with Gasteiger partial charge in [-0.25, -0.2) is 9.78 Å². The number of carboxylic acids is 1. The molecule has 1 aromatic carbocycles. The van der Waals surface area contributed by atoms with Crippen LogP contribution >= 0.6 is 0 Å². The Labute approximate surface area is 116 Å². The van der Waals surface area contributed by atoms with Crippen LogP contribution in [0.1, 0.15) is 10.4 Å². The molecule has 2 aromatic rings. The van der Waals surface area contributed by atoms with Gasteiger partial charge in [0.25, 0.3) is 0 Å². The van der Waals surface area contributed by atoms with Gasteiger partial charge >= 0.3 is 5.97 Å². The number of hydrogen-bond acceptors (Lipinski definition) is 4. The Kier molecular flexibility index (Phi) is 3.42. The SMILES string of the molecule is CN1CCOC(Cn2cnc3ccc(C(=O)O)cc32)C1. The van der Waals surface area contributed by atoms with Crippen LogP contribution in [0.2, 0.25) is 0 Å². The molecular weight excluding hydrogens is 258 g/mol. The summed E-state index contributed by atoms with van der Waals surface area (Å²) in [6, 6.07) is 4.98. The van der Waals surface area contributed by atoms with Gasteiger partial charge in [0.2, 0.25) is 0 Å². The molecule has 1 saturated heterocycles. The lowest BCUT2D eigenvalue weighted by atomic mass is 10.2. The van der Waals surface area contributed by atoms with Crippen LogP contribution in [-0.2, 0) is 11.3 Å². The highest BCUT2D eigenvalue weighted by Gasteiger charge is 2.19. The van der Waals surface area contributed by atoms with Gasteiger partial charge in [0, 0.05) is 13.1 Å². The largest absolute Gasteiger partial charge is 0.478 e. The highest BCUT2D eigenvalue weighted by molar-refractivity contribution is 5.92. The minimum absolute atomic E-state index is 0.111. The van der Waals surface area contributed by atoms with Crippen LogP contribution in [0.15, 0.2) is 24.5 Å². The van der Waals surface area contributed by atoms with Crippen LogP contribution < -0.4 is 0 Å². The number of rotatable bonds is 3. The number of likely N-dealkylation sites (N-methyl/N-ethyl adjacent to an activating group) is 1. The van der Waals surface area contributed by atoms with Crippen molar-refractivity contribution in [3.8, 4) is 0 Å². The van der Waals surface area contributed by atoms with Crippen molar-refractivity contribution >= 4 is 17.0 Å². The Morgan fingerprint density at radius 3 is 3.15 bits per heavy atom. The zero-order valence-electron chi connectivity index (χ0n) is 11.3. The summed E-state index contributed by atoms with van der Waals surface area (Å²) >= 11 is 0. The maximum Gasteiger partial charge on any atom is 0.335 e. The molecule has 0 saturated carbocycles. The quantitative estimate of drug-likeness (QED) is 0.907. The Morgan fingerprint density at radius 2 is 2.40 bits per heavy atom. The third kappa shape index (κ3) is 2.52. The van der Waals surface area contributed by atoms with E-state index in [0.717, 1.165) is 30.7 Å². The Hall–Kier alpha value is -1.92. The molecule has 6 nitrogen and oxygen atoms in total. The number of imidazole rings is 1. The number of nitrogens with zero attached hydrogens (tertiary/aromatic N) is 3. The van der Waals surface area contributed by atoms with Gasteiger partial charge in [-0.15, -0.1) is 0 Å². The number of carbonyl (C=O) groups is 1. The second kappa shape index (κ2) is 5.22. The fourth-order valence-electron chi connectivity index (χ4n) is 2.53. The summed E-state index contributed by atoms with van der Waals surface area (Å²) in [5, 5.41) is 9.07. The van der Waals surface area contributed by atoms with E-state index in [9.17, 15) is 4.79 Å². The van der Waals surface area contributed by atoms with Gasteiger partial charge in [-0.1, -0.05) is 0 Å². The van der Waals surface area contributed by atoms with E-state index < -0.39 is 5.97 Å². The Morgan fingerprint density at radius 1 is 1.55 bits per heavy atom. The number of morpholine rings is 1. The first-order valence-electron chi connectivity index (χ1n) is 6.62. The highest BCUT2D eigenvalue weighted by Crippen LogP contribution is 2.17. The van der Waals surface area contributed by atoms with Crippen molar-refractivity contribution < 1.29 is 14.6 Å². The molecule has 20 heavy (non-hydrogen) atoms. The van der Waals surface area contributed by atoms with E-state index in [1.54, 1.807) is 24.5 Å². The summed E-state index contributed by atoms with van der Waals surface area (Å²) in [6.45, 7) is 3.24. The van der Waals surface area contributed by atoms with Crippen LogP contribution in [0.5, 0.6) is 0 Å². The maximum atomic E-state index is 11.0. The molecule has 0 amide bonds. The van der Waals surface area contributed by atoms with Crippen molar-refractivity contribution in [2.45, 2.75) is 12.6 Å². The third-order valence-electron chi connectivity index (χ3n) is 3.61. The molecular formula is C14H17N3O3. The molecule has 1 atom stereocenters. The van der Waals surface area contributed by atoms with Gasteiger partial charge in [-0.3, -0.25) is 0 Å². The standard InChI is InChI=1S/C14H17N3O3/c1-16-4-5-20-11(7-16)8-17-9-15-12-3-2-10(14(18)19)6-13(12)17/h2-3,6,9,11H,4-5,7-8H2,1H3,(H,18,19). The number of carboxylic acid groups (broad SMARTS) is 1. The summed E-state index contributed by atoms with van der Waals surface area (Å²) in [5.41, 5.74) is 1.92. The third-order valence-corrected chi connectivity index (χ3v) is 3.61. The number of benzene rings is 1. The second-order valence-electron chi connectivity index (χ2n) is 5.16. The normalized spacial score (nSPS) is 20.4. The van der Waals surface area contributed by atoms with Crippen LogP contribution in [0, 0.1) is 0 Å². The molecule has 3 rings (SSSR count). The van der Waals surface area contributed by atoms with E-state index in [2.05, 4.69) is 16.9 Å². The lowest BCUT2D eigenvalue weighted by Crippen LogP contribution is -2.41. The van der Waals surface area contributed by atoms with Crippen molar-refractivity contribution in [3.63, 3.8) is 0 Å². The lowest BCUT2D eigenvalue weighted by Gasteiger charge is -2.30. The van der Waals surface area contributed by atoms with Crippen molar-refractivity contribution in [2.24, 2.45) is 0 Å². The van der Waals surface area contributed by atoms with Gasteiger partial charge in [0.15, 0.2) is 0 Å². The molecule has 1 fully saturated rings. The monoisotopic (exact) mass is 275 g/mol. The van der Waals surface area contributed by atoms with E-state index in [4.69, 9.17) is 9.84 Å². The average molecular weight is 275 g/mol. The molecule has 6 heteroatoms. The predicted octanol–water partition coefficient (Wildman–Crippen LogP) is 1.07. The number of ether oxygens (including phenoxy) is 1. The van der Waals surface area contributed by atoms with Gasteiger partial charge in [-0.05, 0) is 25.2 Å². The van der Waals surface area contributed by atoms with Crippen molar-refractivity contribution in [1.29, 1.82) is 0 Å². The predicted molar refractivity (Wildman–Crippen MR) is 73.9 cm³/mol. The van der Waals surface area contributed by atoms with Gasteiger partial charge in [0.1, 0.15) is 0 Å². The van der Waals surface area contributed by atoms with Crippen molar-refractivity contribution in [1.82, 2.24) is 14.5 Å². The van der Waals surface area contributed by atoms with Crippen LogP contribution in [0.3, 0.4) is 0 Å². The van der Waals surface area contributed by atoms with Crippen molar-refractivity contribution in [3.05, 3.63) is 30.1 Å². The summed E-state index contributed by atoms with van der Waals surface area (Å²) in [5.74, 6) is -0.923. The minimum atomic E-state index is -0.923. The first-order valence-corrected chi connectivity index (χ1v) is 6.62. The van der Waals surface area contributed by atoms with Crippen molar-refractivity contribution in [2.75, 3.05) is 26.7 Å². The molecule has 1 unspecified atom stereocenters. The zero-order chi connectivity index (χ0) is 14.1. The molecule has 1 aliphatic heterocycles. The fraction of sp³-hybridized carbons (Fsp3) is 0.429. The second-order valence-corrected chi connectivity index (χ2v) is 5.16. The first kappa shape index (κ1) is 13.1. The first-order chi connectivity index (χ1) is 9.63. The number of hydrogen-bond donors (Lipinski definition) is 1. The molecule has 1 N–H and O–H groups in total. The molecule has 106 valence electrons. The molecule has 0 spiro atoms. The summed E-state index contributed by atoms with van der Waals surface area (Å²) in [7, 11) is 2.07. The topological polar surface area (TPSA) is 67.6 Å². The molecule has 1 aromatic heterocycles. The van der Waals surface area contributed by atoms with E-state index in [1.165, 1.54) is 0 Å². The summed E-state index contributed by atoms with van der Waals surface area (Å²) in [4.78, 5) is 17.6. The van der Waals surface area contributed by atoms with E-state index in [1.807, 2.05) is 4.57 Å². The van der Waals surface area contributed by atoms with Crippen LogP contribution in [-0.4, -0.2) is 58.4 Å². The average Bonchev–Trinajstić information content (AvgIpc) is 2.81. The molecule has 1 aliphatic rings. The van der Waals surface area contributed by atoms with E-state index in [-0.39, 0.29) is 11.7 Å². The minimum Gasteiger partial charge on any atom is -0.478 e.